The molecule has 1 aromatic rings. The highest BCUT2D eigenvalue weighted by Crippen LogP contribution is 2.44. The van der Waals surface area contributed by atoms with E-state index in [2.05, 4.69) is 5.32 Å². The van der Waals surface area contributed by atoms with E-state index < -0.39 is 23.0 Å². The Labute approximate surface area is 122 Å². The van der Waals surface area contributed by atoms with Crippen LogP contribution >= 0.6 is 0 Å². The van der Waals surface area contributed by atoms with E-state index in [1.807, 2.05) is 24.3 Å². The maximum absolute atomic E-state index is 14.1. The Kier molecular flexibility index (Phi) is 3.10. The van der Waals surface area contributed by atoms with Crippen LogP contribution in [0.5, 0.6) is 0 Å². The molecular weight excluding hydrogens is 276 g/mol. The highest BCUT2D eigenvalue weighted by molar-refractivity contribution is 5.86. The lowest BCUT2D eigenvalue weighted by Gasteiger charge is -2.42. The third-order valence-corrected chi connectivity index (χ3v) is 4.75. The molecule has 0 radical (unpaired) electrons. The van der Waals surface area contributed by atoms with Crippen molar-refractivity contribution in [3.8, 4) is 0 Å². The summed E-state index contributed by atoms with van der Waals surface area (Å²) in [6.07, 6.45) is 1.55. The normalized spacial score (nSPS) is 22.3. The summed E-state index contributed by atoms with van der Waals surface area (Å²) in [4.78, 5) is 12.0. The van der Waals surface area contributed by atoms with E-state index in [1.54, 1.807) is 6.92 Å². The summed E-state index contributed by atoms with van der Waals surface area (Å²) in [7, 11) is 0. The Morgan fingerprint density at radius 3 is 2.19 bits per heavy atom. The molecule has 1 saturated carbocycles. The molecule has 3 nitrogen and oxygen atoms in total. The van der Waals surface area contributed by atoms with Gasteiger partial charge in [0.1, 0.15) is 5.60 Å². The van der Waals surface area contributed by atoms with Gasteiger partial charge in [-0.3, -0.25) is 4.79 Å². The van der Waals surface area contributed by atoms with Gasteiger partial charge in [0.15, 0.2) is 0 Å². The monoisotopic (exact) mass is 295 g/mol. The Bertz CT molecular complexity index is 556. The van der Waals surface area contributed by atoms with E-state index in [0.29, 0.717) is 19.3 Å². The van der Waals surface area contributed by atoms with Crippen molar-refractivity contribution in [3.63, 3.8) is 0 Å². The second-order valence-electron chi connectivity index (χ2n) is 6.60. The molecule has 1 amide bonds. The third kappa shape index (κ3) is 2.24. The van der Waals surface area contributed by atoms with Crippen molar-refractivity contribution in [1.29, 1.82) is 0 Å². The zero-order chi connectivity index (χ0) is 15.3. The Hall–Kier alpha value is -1.49. The van der Waals surface area contributed by atoms with Crippen LogP contribution in [0.15, 0.2) is 24.3 Å². The molecule has 1 fully saturated rings. The highest BCUT2D eigenvalue weighted by atomic mass is 19.3. The standard InChI is InChI=1S/C16H19F2NO2/c1-14(9-11-5-2-3-6-12(11)10-14)19-13(20)16(17,18)15(21)7-4-8-15/h2-3,5-6,21H,4,7-10H2,1H3,(H,19,20). The number of halogens is 2. The molecule has 0 saturated heterocycles. The van der Waals surface area contributed by atoms with Crippen molar-refractivity contribution in [2.75, 3.05) is 0 Å². The van der Waals surface area contributed by atoms with Crippen LogP contribution in [0.2, 0.25) is 0 Å². The number of amides is 1. The minimum absolute atomic E-state index is 0.0235. The van der Waals surface area contributed by atoms with Crippen LogP contribution in [0.25, 0.3) is 0 Å². The molecule has 5 heteroatoms. The molecular formula is C16H19F2NO2. The quantitative estimate of drug-likeness (QED) is 0.898. The first-order chi connectivity index (χ1) is 9.76. The summed E-state index contributed by atoms with van der Waals surface area (Å²) in [6.45, 7) is 1.77. The van der Waals surface area contributed by atoms with Gasteiger partial charge in [0.25, 0.3) is 5.91 Å². The molecule has 2 aliphatic rings. The second-order valence-corrected chi connectivity index (χ2v) is 6.60. The fraction of sp³-hybridized carbons (Fsp3) is 0.562. The first-order valence-electron chi connectivity index (χ1n) is 7.25. The summed E-state index contributed by atoms with van der Waals surface area (Å²) in [5.41, 5.74) is -0.736. The van der Waals surface area contributed by atoms with E-state index in [0.717, 1.165) is 11.1 Å². The molecule has 2 N–H and O–H groups in total. The molecule has 114 valence electrons. The number of hydrogen-bond acceptors (Lipinski definition) is 2. The van der Waals surface area contributed by atoms with E-state index >= 15 is 0 Å². The molecule has 0 unspecified atom stereocenters. The first-order valence-corrected chi connectivity index (χ1v) is 7.25. The number of rotatable bonds is 3. The van der Waals surface area contributed by atoms with E-state index in [1.165, 1.54) is 0 Å². The van der Waals surface area contributed by atoms with Gasteiger partial charge in [-0.2, -0.15) is 8.78 Å². The van der Waals surface area contributed by atoms with Gasteiger partial charge in [-0.25, -0.2) is 0 Å². The van der Waals surface area contributed by atoms with Gasteiger partial charge in [0.2, 0.25) is 0 Å². The first kappa shape index (κ1) is 14.4. The van der Waals surface area contributed by atoms with Gasteiger partial charge < -0.3 is 10.4 Å². The molecule has 0 heterocycles. The minimum atomic E-state index is -3.73. The topological polar surface area (TPSA) is 49.3 Å². The van der Waals surface area contributed by atoms with E-state index in [4.69, 9.17) is 0 Å². The molecule has 0 bridgehead atoms. The number of carbonyl (C=O) groups excluding carboxylic acids is 1. The zero-order valence-electron chi connectivity index (χ0n) is 12.0. The maximum Gasteiger partial charge on any atom is 0.352 e. The Morgan fingerprint density at radius 2 is 1.76 bits per heavy atom. The van der Waals surface area contributed by atoms with Crippen LogP contribution in [0, 0.1) is 0 Å². The average Bonchev–Trinajstić information content (AvgIpc) is 2.71. The number of benzene rings is 1. The Balaban J connectivity index is 1.74. The average molecular weight is 295 g/mol. The van der Waals surface area contributed by atoms with Gasteiger partial charge in [-0.05, 0) is 50.2 Å². The summed E-state index contributed by atoms with van der Waals surface area (Å²) in [5.74, 6) is -5.09. The Morgan fingerprint density at radius 1 is 1.24 bits per heavy atom. The van der Waals surface area contributed by atoms with Gasteiger partial charge in [-0.15, -0.1) is 0 Å². The summed E-state index contributed by atoms with van der Waals surface area (Å²) >= 11 is 0. The molecule has 0 aliphatic heterocycles. The molecule has 3 rings (SSSR count). The van der Waals surface area contributed by atoms with Gasteiger partial charge in [0.05, 0.1) is 0 Å². The smallest absolute Gasteiger partial charge is 0.352 e. The van der Waals surface area contributed by atoms with E-state index in [9.17, 15) is 18.7 Å². The maximum atomic E-state index is 14.1. The molecule has 0 atom stereocenters. The SMILES string of the molecule is CC1(NC(=O)C(F)(F)C2(O)CCC2)Cc2ccccc2C1. The zero-order valence-corrected chi connectivity index (χ0v) is 12.0. The number of aliphatic hydroxyl groups is 1. The fourth-order valence-electron chi connectivity index (χ4n) is 3.28. The number of nitrogens with one attached hydrogen (secondary N) is 1. The van der Waals surface area contributed by atoms with Crippen molar-refractivity contribution < 1.29 is 18.7 Å². The van der Waals surface area contributed by atoms with Crippen LogP contribution in [0.1, 0.15) is 37.3 Å². The van der Waals surface area contributed by atoms with Crippen LogP contribution in [-0.2, 0) is 17.6 Å². The largest absolute Gasteiger partial charge is 0.383 e. The number of fused-ring (bicyclic) bond motifs is 1. The molecule has 1 aromatic carbocycles. The lowest BCUT2D eigenvalue weighted by Crippen LogP contribution is -2.63. The summed E-state index contributed by atoms with van der Waals surface area (Å²) in [5, 5.41) is 12.3. The molecule has 2 aliphatic carbocycles. The third-order valence-electron chi connectivity index (χ3n) is 4.75. The van der Waals surface area contributed by atoms with Gasteiger partial charge >= 0.3 is 5.92 Å². The van der Waals surface area contributed by atoms with Crippen molar-refractivity contribution in [1.82, 2.24) is 5.32 Å². The lowest BCUT2D eigenvalue weighted by molar-refractivity contribution is -0.217. The van der Waals surface area contributed by atoms with Crippen molar-refractivity contribution in [2.24, 2.45) is 0 Å². The minimum Gasteiger partial charge on any atom is -0.383 e. The van der Waals surface area contributed by atoms with E-state index in [-0.39, 0.29) is 12.8 Å². The molecule has 0 aromatic heterocycles. The lowest BCUT2D eigenvalue weighted by atomic mass is 9.75. The van der Waals surface area contributed by atoms with Gasteiger partial charge in [-0.1, -0.05) is 24.3 Å². The summed E-state index contributed by atoms with van der Waals surface area (Å²) in [6, 6.07) is 7.70. The summed E-state index contributed by atoms with van der Waals surface area (Å²) < 4.78 is 28.3. The second kappa shape index (κ2) is 4.50. The van der Waals surface area contributed by atoms with Crippen molar-refractivity contribution in [2.45, 2.75) is 56.1 Å². The highest BCUT2D eigenvalue weighted by Gasteiger charge is 2.61. The van der Waals surface area contributed by atoms with Crippen molar-refractivity contribution >= 4 is 5.91 Å². The van der Waals surface area contributed by atoms with Crippen LogP contribution in [0.4, 0.5) is 8.78 Å². The number of carbonyl (C=O) groups is 1. The molecule has 21 heavy (non-hydrogen) atoms. The van der Waals surface area contributed by atoms with Crippen LogP contribution in [-0.4, -0.2) is 28.1 Å². The predicted octanol–water partition coefficient (Wildman–Crippen LogP) is 2.21. The molecule has 0 spiro atoms. The number of alkyl halides is 2. The number of hydrogen-bond donors (Lipinski definition) is 2. The fourth-order valence-corrected chi connectivity index (χ4v) is 3.28. The predicted molar refractivity (Wildman–Crippen MR) is 74.1 cm³/mol. The van der Waals surface area contributed by atoms with Crippen LogP contribution in [0.3, 0.4) is 0 Å². The van der Waals surface area contributed by atoms with Crippen LogP contribution < -0.4 is 5.32 Å². The van der Waals surface area contributed by atoms with Crippen molar-refractivity contribution in [3.05, 3.63) is 35.4 Å². The van der Waals surface area contributed by atoms with Gasteiger partial charge in [0, 0.05) is 5.54 Å².